The van der Waals surface area contributed by atoms with Crippen LogP contribution in [0, 0.1) is 17.2 Å². The minimum absolute atomic E-state index is 0.179. The van der Waals surface area contributed by atoms with E-state index >= 15 is 0 Å². The summed E-state index contributed by atoms with van der Waals surface area (Å²) in [4.78, 5) is 0. The number of piperidine rings is 1. The molecule has 1 saturated carbocycles. The first-order valence-electron chi connectivity index (χ1n) is 3.06. The van der Waals surface area contributed by atoms with E-state index in [0.29, 0.717) is 0 Å². The normalized spacial score (nSPS) is 50.1. The Hall–Kier alpha value is -0.550. The lowest BCUT2D eigenvalue weighted by molar-refractivity contribution is 0.643. The SMILES string of the molecule is N#CC1C[C@@H]2CC2N1. The summed E-state index contributed by atoms with van der Waals surface area (Å²) in [5.41, 5.74) is 0. The largest absolute Gasteiger partial charge is 0.299 e. The maximum Gasteiger partial charge on any atom is 0.0958 e. The first-order valence-corrected chi connectivity index (χ1v) is 3.06. The quantitative estimate of drug-likeness (QED) is 0.483. The lowest BCUT2D eigenvalue weighted by atomic mass is 10.2. The molecule has 0 aromatic heterocycles. The van der Waals surface area contributed by atoms with Gasteiger partial charge in [-0.15, -0.1) is 0 Å². The summed E-state index contributed by atoms with van der Waals surface area (Å²) >= 11 is 0. The number of nitrogens with one attached hydrogen (secondary N) is 1. The molecule has 42 valence electrons. The Morgan fingerprint density at radius 1 is 1.50 bits per heavy atom. The van der Waals surface area contributed by atoms with Gasteiger partial charge in [-0.2, -0.15) is 5.26 Å². The fourth-order valence-corrected chi connectivity index (χ4v) is 1.43. The average Bonchev–Trinajstić information content (AvgIpc) is 2.40. The number of nitrogens with zero attached hydrogens (tertiary/aromatic N) is 1. The molecule has 0 amide bonds. The molecular formula is C6H8N2. The van der Waals surface area contributed by atoms with Crippen LogP contribution in [0.2, 0.25) is 0 Å². The summed E-state index contributed by atoms with van der Waals surface area (Å²) in [6.07, 6.45) is 2.42. The molecule has 0 radical (unpaired) electrons. The van der Waals surface area contributed by atoms with Gasteiger partial charge < -0.3 is 0 Å². The van der Waals surface area contributed by atoms with Crippen LogP contribution >= 0.6 is 0 Å². The maximum atomic E-state index is 8.39. The van der Waals surface area contributed by atoms with Gasteiger partial charge in [0.15, 0.2) is 0 Å². The van der Waals surface area contributed by atoms with Crippen molar-refractivity contribution in [1.29, 1.82) is 5.26 Å². The molecule has 1 heterocycles. The number of fused-ring (bicyclic) bond motifs is 1. The van der Waals surface area contributed by atoms with E-state index in [1.165, 1.54) is 6.42 Å². The van der Waals surface area contributed by atoms with E-state index in [1.54, 1.807) is 0 Å². The van der Waals surface area contributed by atoms with E-state index in [4.69, 9.17) is 5.26 Å². The van der Waals surface area contributed by atoms with E-state index in [-0.39, 0.29) is 6.04 Å². The molecule has 0 spiro atoms. The third kappa shape index (κ3) is 0.452. The van der Waals surface area contributed by atoms with Crippen molar-refractivity contribution in [1.82, 2.24) is 5.32 Å². The number of rotatable bonds is 0. The van der Waals surface area contributed by atoms with Crippen LogP contribution in [0.4, 0.5) is 0 Å². The van der Waals surface area contributed by atoms with Crippen molar-refractivity contribution >= 4 is 0 Å². The average molecular weight is 108 g/mol. The molecule has 2 nitrogen and oxygen atoms in total. The highest BCUT2D eigenvalue weighted by Gasteiger charge is 2.45. The molecule has 3 atom stereocenters. The van der Waals surface area contributed by atoms with Gasteiger partial charge in [0.25, 0.3) is 0 Å². The molecule has 2 unspecified atom stereocenters. The van der Waals surface area contributed by atoms with Crippen LogP contribution in [0.3, 0.4) is 0 Å². The molecule has 1 aliphatic carbocycles. The number of hydrogen-bond donors (Lipinski definition) is 1. The van der Waals surface area contributed by atoms with Crippen molar-refractivity contribution < 1.29 is 0 Å². The molecule has 2 heteroatoms. The van der Waals surface area contributed by atoms with Gasteiger partial charge in [-0.25, -0.2) is 0 Å². The summed E-state index contributed by atoms with van der Waals surface area (Å²) < 4.78 is 0. The third-order valence-corrected chi connectivity index (χ3v) is 2.03. The topological polar surface area (TPSA) is 35.8 Å². The summed E-state index contributed by atoms with van der Waals surface area (Å²) in [6.45, 7) is 0. The van der Waals surface area contributed by atoms with E-state index in [2.05, 4.69) is 11.4 Å². The van der Waals surface area contributed by atoms with Gasteiger partial charge in [0.1, 0.15) is 0 Å². The Morgan fingerprint density at radius 3 is 2.75 bits per heavy atom. The summed E-state index contributed by atoms with van der Waals surface area (Å²) in [6, 6.07) is 3.11. The zero-order valence-corrected chi connectivity index (χ0v) is 4.59. The molecule has 0 bridgehead atoms. The van der Waals surface area contributed by atoms with Gasteiger partial charge in [-0.1, -0.05) is 0 Å². The summed E-state index contributed by atoms with van der Waals surface area (Å²) in [5, 5.41) is 11.6. The Morgan fingerprint density at radius 2 is 2.38 bits per heavy atom. The molecule has 2 rings (SSSR count). The number of nitriles is 1. The van der Waals surface area contributed by atoms with Crippen LogP contribution in [0.1, 0.15) is 12.8 Å². The van der Waals surface area contributed by atoms with Crippen LogP contribution in [-0.2, 0) is 0 Å². The zero-order valence-electron chi connectivity index (χ0n) is 4.59. The van der Waals surface area contributed by atoms with E-state index in [1.807, 2.05) is 0 Å². The molecule has 0 aromatic rings. The Bertz CT molecular complexity index is 137. The van der Waals surface area contributed by atoms with Gasteiger partial charge >= 0.3 is 0 Å². The van der Waals surface area contributed by atoms with Gasteiger partial charge in [0.2, 0.25) is 0 Å². The van der Waals surface area contributed by atoms with E-state index in [0.717, 1.165) is 18.4 Å². The Balaban J connectivity index is 2.01. The Kier molecular flexibility index (Phi) is 0.671. The van der Waals surface area contributed by atoms with Crippen molar-refractivity contribution in [2.45, 2.75) is 24.9 Å². The van der Waals surface area contributed by atoms with Crippen LogP contribution in [0.25, 0.3) is 0 Å². The summed E-state index contributed by atoms with van der Waals surface area (Å²) in [7, 11) is 0. The standard InChI is InChI=1S/C6H8N2/c7-3-5-1-4-2-6(4)8-5/h4-6,8H,1-2H2/t4-,5?,6?/m1/s1. The van der Waals surface area contributed by atoms with Gasteiger partial charge in [-0.3, -0.25) is 5.32 Å². The first-order chi connectivity index (χ1) is 3.90. The van der Waals surface area contributed by atoms with Crippen molar-refractivity contribution in [3.63, 3.8) is 0 Å². The number of hydrogen-bond acceptors (Lipinski definition) is 2. The van der Waals surface area contributed by atoms with Crippen molar-refractivity contribution in [2.75, 3.05) is 0 Å². The molecule has 1 saturated heterocycles. The molecule has 0 aromatic carbocycles. The second-order valence-electron chi connectivity index (χ2n) is 2.69. The lowest BCUT2D eigenvalue weighted by Crippen LogP contribution is -2.23. The highest BCUT2D eigenvalue weighted by molar-refractivity contribution is 5.09. The van der Waals surface area contributed by atoms with Crippen molar-refractivity contribution in [2.24, 2.45) is 5.92 Å². The highest BCUT2D eigenvalue weighted by atomic mass is 15.0. The molecule has 1 N–H and O–H groups in total. The third-order valence-electron chi connectivity index (χ3n) is 2.03. The molecular weight excluding hydrogens is 100 g/mol. The van der Waals surface area contributed by atoms with Crippen LogP contribution < -0.4 is 5.32 Å². The fraction of sp³-hybridized carbons (Fsp3) is 0.833. The van der Waals surface area contributed by atoms with Crippen molar-refractivity contribution in [3.05, 3.63) is 0 Å². The second-order valence-corrected chi connectivity index (χ2v) is 2.69. The van der Waals surface area contributed by atoms with Gasteiger partial charge in [0, 0.05) is 6.04 Å². The Labute approximate surface area is 48.5 Å². The van der Waals surface area contributed by atoms with Crippen LogP contribution in [-0.4, -0.2) is 12.1 Å². The van der Waals surface area contributed by atoms with Gasteiger partial charge in [-0.05, 0) is 18.8 Å². The zero-order chi connectivity index (χ0) is 5.56. The maximum absolute atomic E-state index is 8.39. The molecule has 2 fully saturated rings. The minimum atomic E-state index is 0.179. The summed E-state index contributed by atoms with van der Waals surface area (Å²) in [5.74, 6) is 0.861. The first kappa shape index (κ1) is 4.34. The van der Waals surface area contributed by atoms with Crippen molar-refractivity contribution in [3.8, 4) is 6.07 Å². The van der Waals surface area contributed by atoms with Crippen LogP contribution in [0.5, 0.6) is 0 Å². The molecule has 8 heavy (non-hydrogen) atoms. The highest BCUT2D eigenvalue weighted by Crippen LogP contribution is 2.40. The predicted octanol–water partition coefficient (Wildman–Crippen LogP) is 0.260. The lowest BCUT2D eigenvalue weighted by Gasteiger charge is -1.98. The predicted molar refractivity (Wildman–Crippen MR) is 29.0 cm³/mol. The molecule has 1 aliphatic heterocycles. The minimum Gasteiger partial charge on any atom is -0.299 e. The van der Waals surface area contributed by atoms with Crippen LogP contribution in [0.15, 0.2) is 0 Å². The fourth-order valence-electron chi connectivity index (χ4n) is 1.43. The van der Waals surface area contributed by atoms with E-state index < -0.39 is 0 Å². The molecule has 2 aliphatic rings. The van der Waals surface area contributed by atoms with E-state index in [9.17, 15) is 0 Å². The van der Waals surface area contributed by atoms with Gasteiger partial charge in [0.05, 0.1) is 12.1 Å². The monoisotopic (exact) mass is 108 g/mol. The smallest absolute Gasteiger partial charge is 0.0958 e. The second kappa shape index (κ2) is 1.24.